The summed E-state index contributed by atoms with van der Waals surface area (Å²) >= 11 is 0. The van der Waals surface area contributed by atoms with E-state index in [2.05, 4.69) is 56.0 Å². The molecule has 1 aromatic heterocycles. The molecule has 0 aliphatic heterocycles. The fourth-order valence-corrected chi connectivity index (χ4v) is 2.25. The van der Waals surface area contributed by atoms with Crippen molar-refractivity contribution in [1.29, 1.82) is 0 Å². The minimum atomic E-state index is 0.900. The van der Waals surface area contributed by atoms with Gasteiger partial charge in [0.1, 0.15) is 11.5 Å². The molecule has 1 N–H and O–H groups in total. The summed E-state index contributed by atoms with van der Waals surface area (Å²) in [5.41, 5.74) is 1.28. The molecule has 0 fully saturated rings. The van der Waals surface area contributed by atoms with Crippen molar-refractivity contribution in [3.8, 4) is 0 Å². The molecule has 4 nitrogen and oxygen atoms in total. The van der Waals surface area contributed by atoms with Gasteiger partial charge in [-0.15, -0.1) is 0 Å². The van der Waals surface area contributed by atoms with Gasteiger partial charge in [-0.3, -0.25) is 4.90 Å². The van der Waals surface area contributed by atoms with Crippen LogP contribution >= 0.6 is 0 Å². The Hall–Kier alpha value is -0.840. The Labute approximate surface area is 124 Å². The van der Waals surface area contributed by atoms with Crippen LogP contribution in [0.3, 0.4) is 0 Å². The van der Waals surface area contributed by atoms with E-state index in [4.69, 9.17) is 4.42 Å². The lowest BCUT2D eigenvalue weighted by molar-refractivity contribution is 0.217. The van der Waals surface area contributed by atoms with E-state index in [0.717, 1.165) is 50.8 Å². The zero-order chi connectivity index (χ0) is 15.0. The van der Waals surface area contributed by atoms with E-state index in [1.165, 1.54) is 12.0 Å². The largest absolute Gasteiger partial charge is 0.465 e. The van der Waals surface area contributed by atoms with Gasteiger partial charge in [-0.1, -0.05) is 13.8 Å². The quantitative estimate of drug-likeness (QED) is 0.714. The Morgan fingerprint density at radius 2 is 1.90 bits per heavy atom. The van der Waals surface area contributed by atoms with Gasteiger partial charge in [-0.2, -0.15) is 0 Å². The van der Waals surface area contributed by atoms with E-state index in [0.29, 0.717) is 0 Å². The Balaban J connectivity index is 2.58. The summed E-state index contributed by atoms with van der Waals surface area (Å²) in [5.74, 6) is 2.13. The summed E-state index contributed by atoms with van der Waals surface area (Å²) in [5, 5.41) is 3.36. The molecule has 4 heteroatoms. The average molecular weight is 281 g/mol. The van der Waals surface area contributed by atoms with Crippen LogP contribution in [0.5, 0.6) is 0 Å². The summed E-state index contributed by atoms with van der Waals surface area (Å²) < 4.78 is 5.90. The number of hydrogen-bond donors (Lipinski definition) is 1. The summed E-state index contributed by atoms with van der Waals surface area (Å²) in [6.07, 6.45) is 1.18. The molecule has 0 amide bonds. The molecule has 1 aromatic rings. The lowest BCUT2D eigenvalue weighted by Gasteiger charge is -2.22. The van der Waals surface area contributed by atoms with E-state index in [1.807, 2.05) is 0 Å². The predicted octanol–water partition coefficient (Wildman–Crippen LogP) is 2.47. The summed E-state index contributed by atoms with van der Waals surface area (Å²) in [6.45, 7) is 12.5. The minimum absolute atomic E-state index is 0.900. The van der Waals surface area contributed by atoms with Crippen LogP contribution in [0, 0.1) is 6.92 Å². The molecule has 0 saturated heterocycles. The SMILES string of the molecule is CCCN(CCN(C)C)Cc1cc(CNCC)c(C)o1. The molecule has 0 unspecified atom stereocenters. The number of rotatable bonds is 10. The number of nitrogens with one attached hydrogen (secondary N) is 1. The molecular formula is C16H31N3O. The normalized spacial score (nSPS) is 11.8. The van der Waals surface area contributed by atoms with Crippen LogP contribution in [0.2, 0.25) is 0 Å². The number of furan rings is 1. The van der Waals surface area contributed by atoms with Crippen LogP contribution in [-0.4, -0.2) is 50.1 Å². The molecule has 0 radical (unpaired) electrons. The fourth-order valence-electron chi connectivity index (χ4n) is 2.25. The molecular weight excluding hydrogens is 250 g/mol. The topological polar surface area (TPSA) is 31.6 Å². The second-order valence-electron chi connectivity index (χ2n) is 5.65. The van der Waals surface area contributed by atoms with Gasteiger partial charge in [0.15, 0.2) is 0 Å². The highest BCUT2D eigenvalue weighted by Gasteiger charge is 2.11. The van der Waals surface area contributed by atoms with E-state index < -0.39 is 0 Å². The van der Waals surface area contributed by atoms with Crippen molar-refractivity contribution in [3.63, 3.8) is 0 Å². The Morgan fingerprint density at radius 1 is 1.15 bits per heavy atom. The monoisotopic (exact) mass is 281 g/mol. The first-order chi connectivity index (χ1) is 9.56. The van der Waals surface area contributed by atoms with Crippen molar-refractivity contribution in [1.82, 2.24) is 15.1 Å². The summed E-state index contributed by atoms with van der Waals surface area (Å²) in [7, 11) is 4.24. The standard InChI is InChI=1S/C16H31N3O/c1-6-8-19(10-9-18(4)5)13-16-11-15(12-17-7-2)14(3)20-16/h11,17H,6-10,12-13H2,1-5H3. The highest BCUT2D eigenvalue weighted by molar-refractivity contribution is 5.20. The molecule has 1 rings (SSSR count). The van der Waals surface area contributed by atoms with Gasteiger partial charge in [0, 0.05) is 25.2 Å². The van der Waals surface area contributed by atoms with Crippen LogP contribution < -0.4 is 5.32 Å². The van der Waals surface area contributed by atoms with Gasteiger partial charge in [0.05, 0.1) is 6.54 Å². The van der Waals surface area contributed by atoms with Crippen LogP contribution in [0.4, 0.5) is 0 Å². The number of nitrogens with zero attached hydrogens (tertiary/aromatic N) is 2. The smallest absolute Gasteiger partial charge is 0.118 e. The van der Waals surface area contributed by atoms with Gasteiger partial charge in [-0.25, -0.2) is 0 Å². The molecule has 0 aliphatic carbocycles. The highest BCUT2D eigenvalue weighted by Crippen LogP contribution is 2.16. The van der Waals surface area contributed by atoms with Crippen LogP contribution in [0.1, 0.15) is 37.4 Å². The fraction of sp³-hybridized carbons (Fsp3) is 0.750. The summed E-state index contributed by atoms with van der Waals surface area (Å²) in [6, 6.07) is 2.20. The van der Waals surface area contributed by atoms with Gasteiger partial charge < -0.3 is 14.6 Å². The molecule has 0 saturated carbocycles. The molecule has 1 heterocycles. The van der Waals surface area contributed by atoms with Crippen molar-refractivity contribution in [2.75, 3.05) is 40.3 Å². The lowest BCUT2D eigenvalue weighted by Crippen LogP contribution is -2.31. The second kappa shape index (κ2) is 9.16. The van der Waals surface area contributed by atoms with E-state index in [9.17, 15) is 0 Å². The third kappa shape index (κ3) is 6.07. The highest BCUT2D eigenvalue weighted by atomic mass is 16.3. The molecule has 0 spiro atoms. The predicted molar refractivity (Wildman–Crippen MR) is 84.9 cm³/mol. The van der Waals surface area contributed by atoms with Crippen molar-refractivity contribution >= 4 is 0 Å². The molecule has 0 atom stereocenters. The lowest BCUT2D eigenvalue weighted by atomic mass is 10.2. The van der Waals surface area contributed by atoms with Gasteiger partial charge >= 0.3 is 0 Å². The molecule has 0 aromatic carbocycles. The van der Waals surface area contributed by atoms with E-state index in [-0.39, 0.29) is 0 Å². The molecule has 0 bridgehead atoms. The number of aryl methyl sites for hydroxylation is 1. The Bertz CT molecular complexity index is 374. The van der Waals surface area contributed by atoms with Crippen molar-refractivity contribution in [2.24, 2.45) is 0 Å². The first kappa shape index (κ1) is 17.2. The molecule has 0 aliphatic rings. The first-order valence-electron chi connectivity index (χ1n) is 7.72. The van der Waals surface area contributed by atoms with E-state index >= 15 is 0 Å². The van der Waals surface area contributed by atoms with Crippen LogP contribution in [0.25, 0.3) is 0 Å². The van der Waals surface area contributed by atoms with Crippen molar-refractivity contribution < 1.29 is 4.42 Å². The van der Waals surface area contributed by atoms with E-state index in [1.54, 1.807) is 0 Å². The Kier molecular flexibility index (Phi) is 7.88. The third-order valence-electron chi connectivity index (χ3n) is 3.42. The minimum Gasteiger partial charge on any atom is -0.465 e. The van der Waals surface area contributed by atoms with Crippen LogP contribution in [-0.2, 0) is 13.1 Å². The van der Waals surface area contributed by atoms with Gasteiger partial charge in [0.2, 0.25) is 0 Å². The Morgan fingerprint density at radius 3 is 2.50 bits per heavy atom. The zero-order valence-corrected chi connectivity index (χ0v) is 13.8. The third-order valence-corrected chi connectivity index (χ3v) is 3.42. The van der Waals surface area contributed by atoms with Crippen molar-refractivity contribution in [2.45, 2.75) is 40.3 Å². The first-order valence-corrected chi connectivity index (χ1v) is 7.72. The molecule has 20 heavy (non-hydrogen) atoms. The zero-order valence-electron chi connectivity index (χ0n) is 13.8. The van der Waals surface area contributed by atoms with Gasteiger partial charge in [-0.05, 0) is 46.6 Å². The second-order valence-corrected chi connectivity index (χ2v) is 5.65. The summed E-state index contributed by atoms with van der Waals surface area (Å²) in [4.78, 5) is 4.70. The maximum Gasteiger partial charge on any atom is 0.118 e. The maximum absolute atomic E-state index is 5.90. The molecule has 116 valence electrons. The number of hydrogen-bond acceptors (Lipinski definition) is 4. The average Bonchev–Trinajstić information content (AvgIpc) is 2.74. The van der Waals surface area contributed by atoms with Gasteiger partial charge in [0.25, 0.3) is 0 Å². The van der Waals surface area contributed by atoms with Crippen LogP contribution in [0.15, 0.2) is 10.5 Å². The maximum atomic E-state index is 5.90. The van der Waals surface area contributed by atoms with Crippen molar-refractivity contribution in [3.05, 3.63) is 23.2 Å². The number of likely N-dealkylation sites (N-methyl/N-ethyl adjacent to an activating group) is 1.